The maximum Gasteiger partial charge on any atom is 0.339 e. The van der Waals surface area contributed by atoms with E-state index in [4.69, 9.17) is 10.5 Å². The Morgan fingerprint density at radius 2 is 1.95 bits per heavy atom. The highest BCUT2D eigenvalue weighted by molar-refractivity contribution is 5.91. The van der Waals surface area contributed by atoms with E-state index in [1.807, 2.05) is 43.3 Å². The lowest BCUT2D eigenvalue weighted by molar-refractivity contribution is 0.0691. The van der Waals surface area contributed by atoms with E-state index in [1.54, 1.807) is 12.1 Å². The largest absolute Gasteiger partial charge is 0.488 e. The van der Waals surface area contributed by atoms with Crippen molar-refractivity contribution >= 4 is 5.97 Å². The van der Waals surface area contributed by atoms with E-state index in [0.29, 0.717) is 12.4 Å². The van der Waals surface area contributed by atoms with Crippen LogP contribution in [0.1, 0.15) is 40.9 Å². The smallest absolute Gasteiger partial charge is 0.339 e. The number of carboxylic acid groups (broad SMARTS) is 1. The fourth-order valence-corrected chi connectivity index (χ4v) is 2.04. The Bertz CT molecular complexity index is 611. The molecule has 2 rings (SSSR count). The summed E-state index contributed by atoms with van der Waals surface area (Å²) in [7, 11) is 0. The van der Waals surface area contributed by atoms with Crippen LogP contribution in [0.2, 0.25) is 0 Å². The second kappa shape index (κ2) is 6.90. The topological polar surface area (TPSA) is 72.5 Å². The first-order valence-electron chi connectivity index (χ1n) is 6.91. The number of ether oxygens (including phenoxy) is 1. The normalized spacial score (nSPS) is 11.9. The van der Waals surface area contributed by atoms with Crippen molar-refractivity contribution in [3.8, 4) is 5.75 Å². The Hall–Kier alpha value is -2.33. The Balaban J connectivity index is 2.20. The summed E-state index contributed by atoms with van der Waals surface area (Å²) >= 11 is 0. The molecule has 0 heterocycles. The third-order valence-electron chi connectivity index (χ3n) is 3.34. The summed E-state index contributed by atoms with van der Waals surface area (Å²) in [6.45, 7) is 2.30. The Labute approximate surface area is 124 Å². The van der Waals surface area contributed by atoms with Crippen LogP contribution >= 0.6 is 0 Å². The summed E-state index contributed by atoms with van der Waals surface area (Å²) < 4.78 is 5.63. The highest BCUT2D eigenvalue weighted by atomic mass is 16.5. The molecule has 2 aromatic carbocycles. The van der Waals surface area contributed by atoms with Gasteiger partial charge in [-0.3, -0.25) is 0 Å². The molecule has 0 aromatic heterocycles. The van der Waals surface area contributed by atoms with E-state index in [1.165, 1.54) is 0 Å². The summed E-state index contributed by atoms with van der Waals surface area (Å²) in [6, 6.07) is 14.6. The van der Waals surface area contributed by atoms with Gasteiger partial charge in [0.05, 0.1) is 0 Å². The van der Waals surface area contributed by atoms with Crippen LogP contribution in [0.5, 0.6) is 5.75 Å². The highest BCUT2D eigenvalue weighted by Crippen LogP contribution is 2.25. The molecule has 0 aliphatic rings. The van der Waals surface area contributed by atoms with Gasteiger partial charge in [0, 0.05) is 6.04 Å². The third-order valence-corrected chi connectivity index (χ3v) is 3.34. The number of aromatic carboxylic acids is 1. The van der Waals surface area contributed by atoms with Gasteiger partial charge in [-0.2, -0.15) is 0 Å². The SMILES string of the molecule is CCC(N)c1ccc(OCc2ccccc2)c(C(=O)O)c1. The number of carbonyl (C=O) groups is 1. The average Bonchev–Trinajstić information content (AvgIpc) is 2.52. The Morgan fingerprint density at radius 1 is 1.24 bits per heavy atom. The standard InChI is InChI=1S/C17H19NO3/c1-2-15(18)13-8-9-16(14(10-13)17(19)20)21-11-12-6-4-3-5-7-12/h3-10,15H,2,11,18H2,1H3,(H,19,20). The minimum Gasteiger partial charge on any atom is -0.488 e. The third kappa shape index (κ3) is 3.83. The van der Waals surface area contributed by atoms with Crippen molar-refractivity contribution < 1.29 is 14.6 Å². The maximum atomic E-state index is 11.4. The van der Waals surface area contributed by atoms with Crippen molar-refractivity contribution in [2.24, 2.45) is 5.73 Å². The molecule has 0 spiro atoms. The number of carboxylic acids is 1. The second-order valence-corrected chi connectivity index (χ2v) is 4.85. The van der Waals surface area contributed by atoms with Crippen LogP contribution in [0.3, 0.4) is 0 Å². The monoisotopic (exact) mass is 285 g/mol. The molecule has 3 N–H and O–H groups in total. The van der Waals surface area contributed by atoms with Gasteiger partial charge in [0.1, 0.15) is 17.9 Å². The molecule has 0 radical (unpaired) electrons. The molecule has 0 aliphatic heterocycles. The maximum absolute atomic E-state index is 11.4. The number of hydrogen-bond donors (Lipinski definition) is 2. The van der Waals surface area contributed by atoms with Gasteiger partial charge in [-0.05, 0) is 29.7 Å². The fourth-order valence-electron chi connectivity index (χ4n) is 2.04. The van der Waals surface area contributed by atoms with Crippen molar-refractivity contribution in [1.82, 2.24) is 0 Å². The second-order valence-electron chi connectivity index (χ2n) is 4.85. The van der Waals surface area contributed by atoms with Gasteiger partial charge >= 0.3 is 5.97 Å². The molecular formula is C17H19NO3. The lowest BCUT2D eigenvalue weighted by atomic mass is 10.0. The first-order chi connectivity index (χ1) is 10.1. The molecule has 0 saturated heterocycles. The van der Waals surface area contributed by atoms with Crippen LogP contribution in [-0.4, -0.2) is 11.1 Å². The van der Waals surface area contributed by atoms with Gasteiger partial charge in [0.25, 0.3) is 0 Å². The Morgan fingerprint density at radius 3 is 2.57 bits per heavy atom. The van der Waals surface area contributed by atoms with Crippen molar-refractivity contribution in [2.75, 3.05) is 0 Å². The van der Waals surface area contributed by atoms with Crippen LogP contribution in [-0.2, 0) is 6.61 Å². The molecule has 4 heteroatoms. The van der Waals surface area contributed by atoms with Gasteiger partial charge in [-0.1, -0.05) is 43.3 Å². The molecule has 4 nitrogen and oxygen atoms in total. The molecule has 0 aliphatic carbocycles. The minimum absolute atomic E-state index is 0.146. The molecule has 21 heavy (non-hydrogen) atoms. The number of hydrogen-bond acceptors (Lipinski definition) is 3. The summed E-state index contributed by atoms with van der Waals surface area (Å²) in [5.74, 6) is -0.651. The molecule has 0 bridgehead atoms. The van der Waals surface area contributed by atoms with E-state index in [-0.39, 0.29) is 11.6 Å². The summed E-state index contributed by atoms with van der Waals surface area (Å²) in [6.07, 6.45) is 0.753. The lowest BCUT2D eigenvalue weighted by Gasteiger charge is -2.14. The zero-order chi connectivity index (χ0) is 15.2. The number of nitrogens with two attached hydrogens (primary N) is 1. The van der Waals surface area contributed by atoms with E-state index >= 15 is 0 Å². The number of benzene rings is 2. The fraction of sp³-hybridized carbons (Fsp3) is 0.235. The Kier molecular flexibility index (Phi) is 4.95. The van der Waals surface area contributed by atoms with Crippen LogP contribution in [0.15, 0.2) is 48.5 Å². The summed E-state index contributed by atoms with van der Waals surface area (Å²) in [4.78, 5) is 11.4. The van der Waals surface area contributed by atoms with E-state index in [0.717, 1.165) is 17.5 Å². The minimum atomic E-state index is -1.01. The van der Waals surface area contributed by atoms with E-state index < -0.39 is 5.97 Å². The molecule has 0 saturated carbocycles. The van der Waals surface area contributed by atoms with E-state index in [2.05, 4.69) is 0 Å². The quantitative estimate of drug-likeness (QED) is 0.853. The zero-order valence-corrected chi connectivity index (χ0v) is 12.0. The van der Waals surface area contributed by atoms with Gasteiger partial charge in [-0.15, -0.1) is 0 Å². The zero-order valence-electron chi connectivity index (χ0n) is 12.0. The molecule has 2 aromatic rings. The van der Waals surface area contributed by atoms with Crippen LogP contribution in [0, 0.1) is 0 Å². The van der Waals surface area contributed by atoms with Crippen molar-refractivity contribution in [3.63, 3.8) is 0 Å². The molecule has 0 amide bonds. The van der Waals surface area contributed by atoms with Gasteiger partial charge in [0.2, 0.25) is 0 Å². The van der Waals surface area contributed by atoms with Gasteiger partial charge in [0.15, 0.2) is 0 Å². The number of rotatable bonds is 6. The molecule has 0 fully saturated rings. The average molecular weight is 285 g/mol. The van der Waals surface area contributed by atoms with E-state index in [9.17, 15) is 9.90 Å². The van der Waals surface area contributed by atoms with Crippen LogP contribution in [0.25, 0.3) is 0 Å². The lowest BCUT2D eigenvalue weighted by Crippen LogP contribution is -2.11. The van der Waals surface area contributed by atoms with Crippen LogP contribution in [0.4, 0.5) is 0 Å². The summed E-state index contributed by atoms with van der Waals surface area (Å²) in [5.41, 5.74) is 7.89. The molecular weight excluding hydrogens is 266 g/mol. The van der Waals surface area contributed by atoms with Crippen molar-refractivity contribution in [3.05, 3.63) is 65.2 Å². The van der Waals surface area contributed by atoms with Crippen molar-refractivity contribution in [2.45, 2.75) is 26.0 Å². The summed E-state index contributed by atoms with van der Waals surface area (Å²) in [5, 5.41) is 9.32. The molecule has 110 valence electrons. The van der Waals surface area contributed by atoms with Gasteiger partial charge < -0.3 is 15.6 Å². The highest BCUT2D eigenvalue weighted by Gasteiger charge is 2.14. The molecule has 1 unspecified atom stereocenters. The first kappa shape index (κ1) is 15.1. The predicted molar refractivity (Wildman–Crippen MR) is 81.4 cm³/mol. The van der Waals surface area contributed by atoms with Crippen LogP contribution < -0.4 is 10.5 Å². The first-order valence-corrected chi connectivity index (χ1v) is 6.91. The van der Waals surface area contributed by atoms with Crippen molar-refractivity contribution in [1.29, 1.82) is 0 Å². The predicted octanol–water partition coefficient (Wildman–Crippen LogP) is 3.37. The molecule has 1 atom stereocenters. The van der Waals surface area contributed by atoms with Gasteiger partial charge in [-0.25, -0.2) is 4.79 Å².